The number of carbonyl (C=O) groups excluding carboxylic acids is 1. The van der Waals surface area contributed by atoms with Gasteiger partial charge in [0.1, 0.15) is 11.6 Å². The van der Waals surface area contributed by atoms with E-state index in [1.165, 1.54) is 18.2 Å². The Labute approximate surface area is 130 Å². The van der Waals surface area contributed by atoms with E-state index in [1.807, 2.05) is 0 Å². The first kappa shape index (κ1) is 15.4. The quantitative estimate of drug-likeness (QED) is 0.840. The largest absolute Gasteiger partial charge is 0.482 e. The summed E-state index contributed by atoms with van der Waals surface area (Å²) in [6.07, 6.45) is 0. The molecule has 0 heterocycles. The second kappa shape index (κ2) is 6.65. The molecule has 7 heteroatoms. The molecule has 0 atom stereocenters. The Morgan fingerprint density at radius 2 is 1.95 bits per heavy atom. The van der Waals surface area contributed by atoms with Crippen molar-refractivity contribution in [1.29, 1.82) is 0 Å². The number of anilines is 2. The maximum atomic E-state index is 12.9. The highest BCUT2D eigenvalue weighted by molar-refractivity contribution is 6.34. The van der Waals surface area contributed by atoms with Crippen LogP contribution in [0.5, 0.6) is 5.75 Å². The molecule has 0 radical (unpaired) electrons. The second-order valence-corrected chi connectivity index (χ2v) is 4.97. The molecule has 0 bridgehead atoms. The van der Waals surface area contributed by atoms with Crippen LogP contribution in [0.3, 0.4) is 0 Å². The average molecular weight is 329 g/mol. The predicted octanol–water partition coefficient (Wildman–Crippen LogP) is 3.73. The molecule has 0 aliphatic rings. The van der Waals surface area contributed by atoms with Crippen LogP contribution in [0.25, 0.3) is 0 Å². The van der Waals surface area contributed by atoms with E-state index >= 15 is 0 Å². The Balaban J connectivity index is 1.97. The van der Waals surface area contributed by atoms with Gasteiger partial charge in [0.2, 0.25) is 0 Å². The van der Waals surface area contributed by atoms with Crippen molar-refractivity contribution in [2.24, 2.45) is 0 Å². The molecule has 3 N–H and O–H groups in total. The summed E-state index contributed by atoms with van der Waals surface area (Å²) < 4.78 is 18.1. The van der Waals surface area contributed by atoms with Crippen molar-refractivity contribution < 1.29 is 13.9 Å². The summed E-state index contributed by atoms with van der Waals surface area (Å²) >= 11 is 11.7. The van der Waals surface area contributed by atoms with E-state index in [9.17, 15) is 9.18 Å². The van der Waals surface area contributed by atoms with Gasteiger partial charge >= 0.3 is 0 Å². The Morgan fingerprint density at radius 1 is 1.19 bits per heavy atom. The van der Waals surface area contributed by atoms with Crippen molar-refractivity contribution in [3.05, 3.63) is 52.3 Å². The van der Waals surface area contributed by atoms with Crippen molar-refractivity contribution >= 4 is 40.5 Å². The number of carbonyl (C=O) groups is 1. The molecule has 1 amide bonds. The summed E-state index contributed by atoms with van der Waals surface area (Å²) in [5.41, 5.74) is 6.46. The molecule has 0 fully saturated rings. The van der Waals surface area contributed by atoms with Crippen molar-refractivity contribution in [1.82, 2.24) is 0 Å². The van der Waals surface area contributed by atoms with E-state index < -0.39 is 11.7 Å². The van der Waals surface area contributed by atoms with Gasteiger partial charge in [-0.25, -0.2) is 4.39 Å². The minimum Gasteiger partial charge on any atom is -0.482 e. The molecule has 0 spiro atoms. The minimum atomic E-state index is -0.483. The molecule has 2 aromatic rings. The molecule has 0 saturated carbocycles. The highest BCUT2D eigenvalue weighted by Gasteiger charge is 2.09. The molecular formula is C14H11Cl2FN2O2. The predicted molar refractivity (Wildman–Crippen MR) is 81.4 cm³/mol. The smallest absolute Gasteiger partial charge is 0.262 e. The molecular weight excluding hydrogens is 318 g/mol. The van der Waals surface area contributed by atoms with Crippen LogP contribution in [0.1, 0.15) is 0 Å². The lowest BCUT2D eigenvalue weighted by molar-refractivity contribution is -0.118. The monoisotopic (exact) mass is 328 g/mol. The van der Waals surface area contributed by atoms with Crippen LogP contribution in [-0.4, -0.2) is 12.5 Å². The lowest BCUT2D eigenvalue weighted by Crippen LogP contribution is -2.20. The Bertz CT molecular complexity index is 680. The van der Waals surface area contributed by atoms with Crippen molar-refractivity contribution in [2.75, 3.05) is 17.7 Å². The van der Waals surface area contributed by atoms with E-state index in [0.29, 0.717) is 16.4 Å². The first-order valence-corrected chi connectivity index (χ1v) is 6.64. The number of rotatable bonds is 4. The number of halogens is 3. The van der Waals surface area contributed by atoms with Gasteiger partial charge in [0, 0.05) is 5.69 Å². The Morgan fingerprint density at radius 3 is 2.67 bits per heavy atom. The van der Waals surface area contributed by atoms with Crippen LogP contribution >= 0.6 is 23.2 Å². The van der Waals surface area contributed by atoms with Gasteiger partial charge in [-0.05, 0) is 36.4 Å². The Kier molecular flexibility index (Phi) is 4.88. The highest BCUT2D eigenvalue weighted by atomic mass is 35.5. The van der Waals surface area contributed by atoms with Gasteiger partial charge in [0.15, 0.2) is 6.61 Å². The third-order valence-electron chi connectivity index (χ3n) is 2.52. The van der Waals surface area contributed by atoms with Crippen molar-refractivity contribution in [3.63, 3.8) is 0 Å². The van der Waals surface area contributed by atoms with Gasteiger partial charge in [-0.3, -0.25) is 4.79 Å². The molecule has 21 heavy (non-hydrogen) atoms. The third kappa shape index (κ3) is 4.24. The van der Waals surface area contributed by atoms with Gasteiger partial charge in [0.05, 0.1) is 15.7 Å². The lowest BCUT2D eigenvalue weighted by Gasteiger charge is -2.10. The third-order valence-corrected chi connectivity index (χ3v) is 3.14. The maximum absolute atomic E-state index is 12.9. The summed E-state index contributed by atoms with van der Waals surface area (Å²) in [5.74, 6) is -0.710. The molecule has 0 aliphatic heterocycles. The number of amides is 1. The van der Waals surface area contributed by atoms with E-state index in [4.69, 9.17) is 33.7 Å². The first-order valence-electron chi connectivity index (χ1n) is 5.88. The molecule has 0 unspecified atom stereocenters. The number of ether oxygens (including phenoxy) is 1. The second-order valence-electron chi connectivity index (χ2n) is 4.15. The molecule has 2 rings (SSSR count). The summed E-state index contributed by atoms with van der Waals surface area (Å²) in [6, 6.07) is 8.36. The summed E-state index contributed by atoms with van der Waals surface area (Å²) in [7, 11) is 0. The molecule has 110 valence electrons. The van der Waals surface area contributed by atoms with Crippen LogP contribution in [0.15, 0.2) is 36.4 Å². The number of hydrogen-bond donors (Lipinski definition) is 2. The fraction of sp³-hybridized carbons (Fsp3) is 0.0714. The van der Waals surface area contributed by atoms with Crippen LogP contribution in [-0.2, 0) is 4.79 Å². The normalized spacial score (nSPS) is 10.2. The van der Waals surface area contributed by atoms with Gasteiger partial charge < -0.3 is 15.8 Å². The van der Waals surface area contributed by atoms with E-state index in [1.54, 1.807) is 12.1 Å². The summed E-state index contributed by atoms with van der Waals surface area (Å²) in [4.78, 5) is 11.8. The van der Waals surface area contributed by atoms with Crippen LogP contribution in [0, 0.1) is 5.82 Å². The van der Waals surface area contributed by atoms with Crippen LogP contribution < -0.4 is 15.8 Å². The zero-order valence-electron chi connectivity index (χ0n) is 10.7. The molecule has 0 aliphatic carbocycles. The van der Waals surface area contributed by atoms with E-state index in [2.05, 4.69) is 5.32 Å². The standard InChI is InChI=1S/C14H11Cl2FN2O2/c15-10-3-2-9(18)6-12(10)19-14(20)7-21-13-4-1-8(17)5-11(13)16/h1-6H,7,18H2,(H,19,20). The topological polar surface area (TPSA) is 64.3 Å². The van der Waals surface area contributed by atoms with Crippen LogP contribution in [0.4, 0.5) is 15.8 Å². The number of nitrogen functional groups attached to an aromatic ring is 1. The first-order chi connectivity index (χ1) is 9.95. The minimum absolute atomic E-state index is 0.0878. The van der Waals surface area contributed by atoms with E-state index in [-0.39, 0.29) is 17.4 Å². The van der Waals surface area contributed by atoms with Gasteiger partial charge in [-0.2, -0.15) is 0 Å². The summed E-state index contributed by atoms with van der Waals surface area (Å²) in [6.45, 7) is -0.295. The summed E-state index contributed by atoms with van der Waals surface area (Å²) in [5, 5.41) is 3.01. The zero-order valence-corrected chi connectivity index (χ0v) is 12.2. The molecule has 0 aromatic heterocycles. The van der Waals surface area contributed by atoms with Gasteiger partial charge in [-0.1, -0.05) is 23.2 Å². The SMILES string of the molecule is Nc1ccc(Cl)c(NC(=O)COc2ccc(F)cc2Cl)c1. The van der Waals surface area contributed by atoms with Crippen molar-refractivity contribution in [3.8, 4) is 5.75 Å². The number of hydrogen-bond acceptors (Lipinski definition) is 3. The van der Waals surface area contributed by atoms with Gasteiger partial charge in [0.25, 0.3) is 5.91 Å². The molecule has 4 nitrogen and oxygen atoms in total. The molecule has 0 saturated heterocycles. The fourth-order valence-electron chi connectivity index (χ4n) is 1.56. The highest BCUT2D eigenvalue weighted by Crippen LogP contribution is 2.26. The number of nitrogens with one attached hydrogen (secondary N) is 1. The van der Waals surface area contributed by atoms with Crippen molar-refractivity contribution in [2.45, 2.75) is 0 Å². The maximum Gasteiger partial charge on any atom is 0.262 e. The average Bonchev–Trinajstić information content (AvgIpc) is 2.42. The zero-order chi connectivity index (χ0) is 15.4. The van der Waals surface area contributed by atoms with Crippen LogP contribution in [0.2, 0.25) is 10.0 Å². The fourth-order valence-corrected chi connectivity index (χ4v) is 1.95. The molecule has 2 aromatic carbocycles. The van der Waals surface area contributed by atoms with E-state index in [0.717, 1.165) is 6.07 Å². The number of nitrogens with two attached hydrogens (primary N) is 1. The van der Waals surface area contributed by atoms with Gasteiger partial charge in [-0.15, -0.1) is 0 Å². The lowest BCUT2D eigenvalue weighted by atomic mass is 10.3. The Hall–Kier alpha value is -1.98. The number of benzene rings is 2.